The van der Waals surface area contributed by atoms with Crippen LogP contribution in [-0.2, 0) is 0 Å². The Balaban J connectivity index is 2.06. The Morgan fingerprint density at radius 2 is 1.26 bits per heavy atom. The van der Waals surface area contributed by atoms with Gasteiger partial charge in [0.1, 0.15) is 5.52 Å². The highest BCUT2D eigenvalue weighted by molar-refractivity contribution is 5.84. The van der Waals surface area contributed by atoms with E-state index in [2.05, 4.69) is 24.9 Å². The highest BCUT2D eigenvalue weighted by Gasteiger charge is 2.13. The molecule has 0 saturated carbocycles. The highest BCUT2D eigenvalue weighted by atomic mass is 16.1. The molecule has 110 valence electrons. The number of hydrogen-bond donors (Lipinski definition) is 1. The Labute approximate surface area is 130 Å². The maximum Gasteiger partial charge on any atom is 0.249 e. The molecule has 6 heteroatoms. The molecule has 4 rings (SSSR count). The van der Waals surface area contributed by atoms with E-state index in [1.807, 2.05) is 24.3 Å². The average molecular weight is 301 g/mol. The summed E-state index contributed by atoms with van der Waals surface area (Å²) in [5, 5.41) is 0. The molecule has 0 bridgehead atoms. The summed E-state index contributed by atoms with van der Waals surface area (Å²) in [6.45, 7) is 0. The van der Waals surface area contributed by atoms with Crippen LogP contribution in [0.15, 0.2) is 66.0 Å². The lowest BCUT2D eigenvalue weighted by molar-refractivity contribution is 1.19. The van der Waals surface area contributed by atoms with E-state index in [9.17, 15) is 4.79 Å². The van der Waals surface area contributed by atoms with Crippen LogP contribution in [0.4, 0.5) is 0 Å². The zero-order chi connectivity index (χ0) is 15.6. The number of aromatic amines is 1. The van der Waals surface area contributed by atoms with Crippen molar-refractivity contribution in [2.45, 2.75) is 0 Å². The molecule has 0 amide bonds. The van der Waals surface area contributed by atoms with Gasteiger partial charge in [0.15, 0.2) is 5.65 Å². The second kappa shape index (κ2) is 5.42. The van der Waals surface area contributed by atoms with Gasteiger partial charge in [0.2, 0.25) is 5.56 Å². The fourth-order valence-electron chi connectivity index (χ4n) is 2.39. The molecule has 0 fully saturated rings. The van der Waals surface area contributed by atoms with Gasteiger partial charge in [-0.25, -0.2) is 9.97 Å². The first-order chi connectivity index (χ1) is 11.3. The monoisotopic (exact) mass is 301 g/mol. The van der Waals surface area contributed by atoms with Gasteiger partial charge in [-0.15, -0.1) is 0 Å². The Hall–Kier alpha value is -3.41. The summed E-state index contributed by atoms with van der Waals surface area (Å²) >= 11 is 0. The van der Waals surface area contributed by atoms with Crippen molar-refractivity contribution in [3.8, 4) is 22.5 Å². The van der Waals surface area contributed by atoms with Gasteiger partial charge in [-0.1, -0.05) is 0 Å². The summed E-state index contributed by atoms with van der Waals surface area (Å²) in [5.74, 6) is 0. The summed E-state index contributed by atoms with van der Waals surface area (Å²) in [4.78, 5) is 31.6. The van der Waals surface area contributed by atoms with Crippen molar-refractivity contribution >= 4 is 11.2 Å². The molecule has 23 heavy (non-hydrogen) atoms. The minimum atomic E-state index is -0.205. The van der Waals surface area contributed by atoms with Crippen LogP contribution in [-0.4, -0.2) is 24.9 Å². The van der Waals surface area contributed by atoms with Crippen LogP contribution in [0, 0.1) is 0 Å². The topological polar surface area (TPSA) is 84.4 Å². The van der Waals surface area contributed by atoms with E-state index in [0.29, 0.717) is 16.9 Å². The van der Waals surface area contributed by atoms with Crippen LogP contribution >= 0.6 is 0 Å². The molecule has 4 aromatic rings. The van der Waals surface area contributed by atoms with Crippen molar-refractivity contribution in [3.05, 3.63) is 71.5 Å². The Bertz CT molecular complexity index is 1030. The lowest BCUT2D eigenvalue weighted by Gasteiger charge is -2.09. The standard InChI is InChI=1S/C17H11N5O/c23-14-2-1-13-17(21-14)22-16(12-5-9-19-10-6-12)15(20-13)11-3-7-18-8-4-11/h1-10H,(H,21,22,23). The molecule has 1 N–H and O–H groups in total. The minimum Gasteiger partial charge on any atom is -0.305 e. The SMILES string of the molecule is O=c1ccc2nc(-c3ccncc3)c(-c3ccncc3)nc2[nH]1. The molecule has 4 aromatic heterocycles. The van der Waals surface area contributed by atoms with Gasteiger partial charge in [0, 0.05) is 42.0 Å². The Morgan fingerprint density at radius 1 is 0.696 bits per heavy atom. The fraction of sp³-hybridized carbons (Fsp3) is 0. The van der Waals surface area contributed by atoms with Crippen molar-refractivity contribution in [2.75, 3.05) is 0 Å². The van der Waals surface area contributed by atoms with Gasteiger partial charge < -0.3 is 4.98 Å². The fourth-order valence-corrected chi connectivity index (χ4v) is 2.39. The van der Waals surface area contributed by atoms with E-state index in [1.54, 1.807) is 30.9 Å². The van der Waals surface area contributed by atoms with Crippen LogP contribution in [0.1, 0.15) is 0 Å². The molecule has 4 heterocycles. The second-order valence-electron chi connectivity index (χ2n) is 4.95. The third-order valence-corrected chi connectivity index (χ3v) is 3.46. The summed E-state index contributed by atoms with van der Waals surface area (Å²) in [5.41, 5.74) is 4.10. The summed E-state index contributed by atoms with van der Waals surface area (Å²) in [6.07, 6.45) is 6.82. The molecule has 0 saturated heterocycles. The summed E-state index contributed by atoms with van der Waals surface area (Å²) in [7, 11) is 0. The summed E-state index contributed by atoms with van der Waals surface area (Å²) < 4.78 is 0. The van der Waals surface area contributed by atoms with Crippen molar-refractivity contribution in [1.82, 2.24) is 24.9 Å². The molecule has 0 aliphatic heterocycles. The third-order valence-electron chi connectivity index (χ3n) is 3.46. The Morgan fingerprint density at radius 3 is 1.87 bits per heavy atom. The lowest BCUT2D eigenvalue weighted by Crippen LogP contribution is -2.06. The molecule has 0 aliphatic carbocycles. The molecule has 0 aromatic carbocycles. The number of hydrogen-bond acceptors (Lipinski definition) is 5. The van der Waals surface area contributed by atoms with Crippen LogP contribution in [0.5, 0.6) is 0 Å². The van der Waals surface area contributed by atoms with Crippen LogP contribution in [0.25, 0.3) is 33.7 Å². The van der Waals surface area contributed by atoms with Gasteiger partial charge in [-0.3, -0.25) is 14.8 Å². The van der Waals surface area contributed by atoms with Gasteiger partial charge in [0.05, 0.1) is 11.4 Å². The number of H-pyrrole nitrogens is 1. The van der Waals surface area contributed by atoms with Gasteiger partial charge >= 0.3 is 0 Å². The Kier molecular flexibility index (Phi) is 3.12. The van der Waals surface area contributed by atoms with Crippen molar-refractivity contribution in [3.63, 3.8) is 0 Å². The average Bonchev–Trinajstić information content (AvgIpc) is 2.62. The number of pyridine rings is 3. The van der Waals surface area contributed by atoms with E-state index in [0.717, 1.165) is 16.8 Å². The van der Waals surface area contributed by atoms with Gasteiger partial charge in [0.25, 0.3) is 0 Å². The van der Waals surface area contributed by atoms with Crippen molar-refractivity contribution in [1.29, 1.82) is 0 Å². The lowest BCUT2D eigenvalue weighted by atomic mass is 10.1. The number of fused-ring (bicyclic) bond motifs is 1. The van der Waals surface area contributed by atoms with E-state index in [1.165, 1.54) is 6.07 Å². The first kappa shape index (κ1) is 13.3. The number of aromatic nitrogens is 5. The zero-order valence-corrected chi connectivity index (χ0v) is 12.0. The zero-order valence-electron chi connectivity index (χ0n) is 12.0. The van der Waals surface area contributed by atoms with Crippen molar-refractivity contribution < 1.29 is 0 Å². The molecule has 0 spiro atoms. The first-order valence-electron chi connectivity index (χ1n) is 7.03. The van der Waals surface area contributed by atoms with E-state index in [-0.39, 0.29) is 5.56 Å². The maximum absolute atomic E-state index is 11.5. The van der Waals surface area contributed by atoms with Gasteiger partial charge in [-0.05, 0) is 30.3 Å². The molecule has 0 atom stereocenters. The third kappa shape index (κ3) is 2.46. The molecule has 0 aliphatic rings. The van der Waals surface area contributed by atoms with Crippen molar-refractivity contribution in [2.24, 2.45) is 0 Å². The predicted molar refractivity (Wildman–Crippen MR) is 86.6 cm³/mol. The van der Waals surface area contributed by atoms with Gasteiger partial charge in [-0.2, -0.15) is 0 Å². The quantitative estimate of drug-likeness (QED) is 0.614. The summed E-state index contributed by atoms with van der Waals surface area (Å²) in [6, 6.07) is 10.6. The normalized spacial score (nSPS) is 10.8. The van der Waals surface area contributed by atoms with Crippen LogP contribution in [0.3, 0.4) is 0 Å². The number of rotatable bonds is 2. The predicted octanol–water partition coefficient (Wildman–Crippen LogP) is 2.44. The number of nitrogens with one attached hydrogen (secondary N) is 1. The number of nitrogens with zero attached hydrogens (tertiary/aromatic N) is 4. The first-order valence-corrected chi connectivity index (χ1v) is 7.03. The smallest absolute Gasteiger partial charge is 0.249 e. The van der Waals surface area contributed by atoms with Crippen LogP contribution in [0.2, 0.25) is 0 Å². The second-order valence-corrected chi connectivity index (χ2v) is 4.95. The minimum absolute atomic E-state index is 0.205. The maximum atomic E-state index is 11.5. The molecule has 0 radical (unpaired) electrons. The van der Waals surface area contributed by atoms with E-state index in [4.69, 9.17) is 0 Å². The molecular weight excluding hydrogens is 290 g/mol. The highest BCUT2D eigenvalue weighted by Crippen LogP contribution is 2.29. The largest absolute Gasteiger partial charge is 0.305 e. The molecule has 6 nitrogen and oxygen atoms in total. The van der Waals surface area contributed by atoms with Crippen LogP contribution < -0.4 is 5.56 Å². The molecule has 0 unspecified atom stereocenters. The van der Waals surface area contributed by atoms with E-state index < -0.39 is 0 Å². The van der Waals surface area contributed by atoms with E-state index >= 15 is 0 Å². The molecular formula is C17H11N5O.